The Hall–Kier alpha value is -1.26. The third-order valence-corrected chi connectivity index (χ3v) is 2.58. The summed E-state index contributed by atoms with van der Waals surface area (Å²) in [6, 6.07) is 5.11. The zero-order valence-corrected chi connectivity index (χ0v) is 12.4. The van der Waals surface area contributed by atoms with Crippen LogP contribution in [0.3, 0.4) is 0 Å². The fourth-order valence-electron chi connectivity index (χ4n) is 1.55. The molecule has 1 rings (SSSR count). The molecule has 1 aromatic rings. The SMILES string of the molecule is C[C@@H](O)Cc1cc(NC(=O)OC(C)(C)C)ccc1Cl. The van der Waals surface area contributed by atoms with Crippen molar-refractivity contribution in [3.8, 4) is 0 Å². The van der Waals surface area contributed by atoms with E-state index in [9.17, 15) is 9.90 Å². The Labute approximate surface area is 118 Å². The summed E-state index contributed by atoms with van der Waals surface area (Å²) in [7, 11) is 0. The van der Waals surface area contributed by atoms with E-state index in [-0.39, 0.29) is 0 Å². The normalized spacial score (nSPS) is 12.9. The minimum Gasteiger partial charge on any atom is -0.444 e. The molecule has 5 heteroatoms. The van der Waals surface area contributed by atoms with E-state index in [0.29, 0.717) is 17.1 Å². The van der Waals surface area contributed by atoms with E-state index in [1.165, 1.54) is 0 Å². The van der Waals surface area contributed by atoms with Gasteiger partial charge in [-0.2, -0.15) is 0 Å². The van der Waals surface area contributed by atoms with Crippen LogP contribution in [0.2, 0.25) is 5.02 Å². The smallest absolute Gasteiger partial charge is 0.412 e. The van der Waals surface area contributed by atoms with Crippen LogP contribution >= 0.6 is 11.6 Å². The lowest BCUT2D eigenvalue weighted by atomic mass is 10.1. The molecule has 0 bridgehead atoms. The Kier molecular flexibility index (Phi) is 5.20. The van der Waals surface area contributed by atoms with Gasteiger partial charge in [-0.1, -0.05) is 11.6 Å². The molecule has 0 heterocycles. The van der Waals surface area contributed by atoms with Crippen molar-refractivity contribution in [3.05, 3.63) is 28.8 Å². The molecule has 0 spiro atoms. The molecule has 4 nitrogen and oxygen atoms in total. The fraction of sp³-hybridized carbons (Fsp3) is 0.500. The largest absolute Gasteiger partial charge is 0.444 e. The average Bonchev–Trinajstić information content (AvgIpc) is 2.19. The van der Waals surface area contributed by atoms with Gasteiger partial charge < -0.3 is 9.84 Å². The number of nitrogens with one attached hydrogen (secondary N) is 1. The first-order valence-corrected chi connectivity index (χ1v) is 6.51. The number of carbonyl (C=O) groups excluding carboxylic acids is 1. The molecule has 0 radical (unpaired) electrons. The predicted octanol–water partition coefficient (Wildman–Crippen LogP) is 3.61. The van der Waals surface area contributed by atoms with Crippen LogP contribution in [0.25, 0.3) is 0 Å². The highest BCUT2D eigenvalue weighted by Crippen LogP contribution is 2.22. The summed E-state index contributed by atoms with van der Waals surface area (Å²) in [6.07, 6.45) is -0.574. The molecule has 0 unspecified atom stereocenters. The standard InChI is InChI=1S/C14H20ClNO3/c1-9(17)7-10-8-11(5-6-12(10)15)16-13(18)19-14(2,3)4/h5-6,8-9,17H,7H2,1-4H3,(H,16,18)/t9-/m1/s1. The predicted molar refractivity (Wildman–Crippen MR) is 76.7 cm³/mol. The van der Waals surface area contributed by atoms with Crippen LogP contribution < -0.4 is 5.32 Å². The van der Waals surface area contributed by atoms with E-state index >= 15 is 0 Å². The number of ether oxygens (including phenoxy) is 1. The van der Waals surface area contributed by atoms with Gasteiger partial charge in [-0.3, -0.25) is 5.32 Å². The second-order valence-electron chi connectivity index (χ2n) is 5.49. The van der Waals surface area contributed by atoms with Gasteiger partial charge in [0.2, 0.25) is 0 Å². The second-order valence-corrected chi connectivity index (χ2v) is 5.89. The summed E-state index contributed by atoms with van der Waals surface area (Å²) in [5.41, 5.74) is 0.832. The van der Waals surface area contributed by atoms with Crippen molar-refractivity contribution in [3.63, 3.8) is 0 Å². The molecule has 1 aromatic carbocycles. The first-order chi connectivity index (χ1) is 8.67. The van der Waals surface area contributed by atoms with Gasteiger partial charge in [0.25, 0.3) is 0 Å². The zero-order valence-electron chi connectivity index (χ0n) is 11.7. The lowest BCUT2D eigenvalue weighted by molar-refractivity contribution is 0.0636. The summed E-state index contributed by atoms with van der Waals surface area (Å²) < 4.78 is 5.16. The maximum Gasteiger partial charge on any atom is 0.412 e. The zero-order chi connectivity index (χ0) is 14.6. The molecular formula is C14H20ClNO3. The molecule has 0 saturated heterocycles. The number of aliphatic hydroxyl groups is 1. The van der Waals surface area contributed by atoms with Gasteiger partial charge in [0, 0.05) is 10.7 Å². The minimum absolute atomic E-state index is 0.433. The van der Waals surface area contributed by atoms with Crippen LogP contribution in [-0.4, -0.2) is 22.9 Å². The molecule has 0 aromatic heterocycles. The van der Waals surface area contributed by atoms with E-state index in [1.54, 1.807) is 45.9 Å². The van der Waals surface area contributed by atoms with Gasteiger partial charge in [0.1, 0.15) is 5.60 Å². The van der Waals surface area contributed by atoms with Crippen molar-refractivity contribution in [2.24, 2.45) is 0 Å². The minimum atomic E-state index is -0.543. The first kappa shape index (κ1) is 15.8. The van der Waals surface area contributed by atoms with Gasteiger partial charge in [-0.15, -0.1) is 0 Å². The van der Waals surface area contributed by atoms with Crippen LogP contribution in [0.1, 0.15) is 33.3 Å². The Bertz CT molecular complexity index is 452. The molecule has 0 aliphatic rings. The molecule has 1 atom stereocenters. The average molecular weight is 286 g/mol. The maximum atomic E-state index is 11.6. The quantitative estimate of drug-likeness (QED) is 0.892. The van der Waals surface area contributed by atoms with E-state index < -0.39 is 17.8 Å². The van der Waals surface area contributed by atoms with Gasteiger partial charge in [-0.05, 0) is 57.9 Å². The van der Waals surface area contributed by atoms with E-state index in [2.05, 4.69) is 5.32 Å². The molecule has 0 aliphatic heterocycles. The molecule has 0 saturated carbocycles. The van der Waals surface area contributed by atoms with Crippen LogP contribution in [-0.2, 0) is 11.2 Å². The van der Waals surface area contributed by atoms with Gasteiger partial charge >= 0.3 is 6.09 Å². The Balaban J connectivity index is 2.77. The molecule has 106 valence electrons. The number of benzene rings is 1. The number of halogens is 1. The van der Waals surface area contributed by atoms with E-state index in [1.807, 2.05) is 0 Å². The van der Waals surface area contributed by atoms with Crippen molar-refractivity contribution in [2.75, 3.05) is 5.32 Å². The molecule has 19 heavy (non-hydrogen) atoms. The molecular weight excluding hydrogens is 266 g/mol. The maximum absolute atomic E-state index is 11.6. The highest BCUT2D eigenvalue weighted by Gasteiger charge is 2.16. The monoisotopic (exact) mass is 285 g/mol. The fourth-order valence-corrected chi connectivity index (χ4v) is 1.74. The van der Waals surface area contributed by atoms with E-state index in [0.717, 1.165) is 5.56 Å². The molecule has 0 aliphatic carbocycles. The Morgan fingerprint density at radius 1 is 1.47 bits per heavy atom. The Morgan fingerprint density at radius 2 is 2.11 bits per heavy atom. The number of anilines is 1. The van der Waals surface area contributed by atoms with Crippen molar-refractivity contribution in [1.29, 1.82) is 0 Å². The topological polar surface area (TPSA) is 58.6 Å². The summed E-state index contributed by atoms with van der Waals surface area (Å²) in [5.74, 6) is 0. The number of rotatable bonds is 3. The molecule has 0 fully saturated rings. The molecule has 2 N–H and O–H groups in total. The first-order valence-electron chi connectivity index (χ1n) is 6.14. The lowest BCUT2D eigenvalue weighted by Gasteiger charge is -2.20. The molecule has 1 amide bonds. The van der Waals surface area contributed by atoms with Gasteiger partial charge in [-0.25, -0.2) is 4.79 Å². The summed E-state index contributed by atoms with van der Waals surface area (Å²) in [5, 5.41) is 12.6. The van der Waals surface area contributed by atoms with Crippen molar-refractivity contribution >= 4 is 23.4 Å². The third-order valence-electron chi connectivity index (χ3n) is 2.21. The Morgan fingerprint density at radius 3 is 2.63 bits per heavy atom. The van der Waals surface area contributed by atoms with Gasteiger partial charge in [0.05, 0.1) is 6.10 Å². The number of carbonyl (C=O) groups is 1. The van der Waals surface area contributed by atoms with Crippen molar-refractivity contribution < 1.29 is 14.6 Å². The summed E-state index contributed by atoms with van der Waals surface area (Å²) >= 11 is 6.03. The summed E-state index contributed by atoms with van der Waals surface area (Å²) in [6.45, 7) is 7.08. The van der Waals surface area contributed by atoms with Crippen LogP contribution in [0.5, 0.6) is 0 Å². The highest BCUT2D eigenvalue weighted by molar-refractivity contribution is 6.31. The van der Waals surface area contributed by atoms with Crippen molar-refractivity contribution in [1.82, 2.24) is 0 Å². The number of hydrogen-bond donors (Lipinski definition) is 2. The van der Waals surface area contributed by atoms with Crippen LogP contribution in [0.15, 0.2) is 18.2 Å². The number of amides is 1. The lowest BCUT2D eigenvalue weighted by Crippen LogP contribution is -2.27. The van der Waals surface area contributed by atoms with Crippen LogP contribution in [0, 0.1) is 0 Å². The van der Waals surface area contributed by atoms with Gasteiger partial charge in [0.15, 0.2) is 0 Å². The number of hydrogen-bond acceptors (Lipinski definition) is 3. The van der Waals surface area contributed by atoms with Crippen LogP contribution in [0.4, 0.5) is 10.5 Å². The highest BCUT2D eigenvalue weighted by atomic mass is 35.5. The third kappa shape index (κ3) is 5.94. The second kappa shape index (κ2) is 6.26. The number of aliphatic hydroxyl groups excluding tert-OH is 1. The van der Waals surface area contributed by atoms with Crippen molar-refractivity contribution in [2.45, 2.75) is 45.8 Å². The summed E-state index contributed by atoms with van der Waals surface area (Å²) in [4.78, 5) is 11.6. The van der Waals surface area contributed by atoms with E-state index in [4.69, 9.17) is 16.3 Å².